The average molecular weight is 506 g/mol. The number of amides is 1. The molecule has 1 amide bonds. The molecule has 3 heterocycles. The summed E-state index contributed by atoms with van der Waals surface area (Å²) in [7, 11) is 1.55. The van der Waals surface area contributed by atoms with E-state index < -0.39 is 11.9 Å². The molecule has 1 aliphatic rings. The minimum Gasteiger partial charge on any atom is -0.493 e. The molecule has 4 aromatic rings. The van der Waals surface area contributed by atoms with Gasteiger partial charge in [-0.3, -0.25) is 14.5 Å². The third kappa shape index (κ3) is 4.18. The first-order valence-electron chi connectivity index (χ1n) is 11.6. The molecule has 1 unspecified atom stereocenters. The predicted octanol–water partition coefficient (Wildman–Crippen LogP) is 5.42. The van der Waals surface area contributed by atoms with Crippen LogP contribution in [0.2, 0.25) is 5.02 Å². The highest BCUT2D eigenvalue weighted by Crippen LogP contribution is 2.42. The van der Waals surface area contributed by atoms with Gasteiger partial charge >= 0.3 is 0 Å². The Morgan fingerprint density at radius 3 is 2.58 bits per heavy atom. The molecule has 0 saturated heterocycles. The summed E-state index contributed by atoms with van der Waals surface area (Å²) in [4.78, 5) is 37.2. The smallest absolute Gasteiger partial charge is 0.297 e. The largest absolute Gasteiger partial charge is 0.493 e. The number of carbonyl (C=O) groups is 1. The third-order valence-corrected chi connectivity index (χ3v) is 6.29. The first-order chi connectivity index (χ1) is 17.4. The summed E-state index contributed by atoms with van der Waals surface area (Å²) in [5.74, 6) is 1.15. The van der Waals surface area contributed by atoms with Crippen LogP contribution in [0.15, 0.2) is 64.1 Å². The molecule has 0 saturated carbocycles. The summed E-state index contributed by atoms with van der Waals surface area (Å²) in [5, 5.41) is 0.680. The van der Waals surface area contributed by atoms with E-state index in [1.54, 1.807) is 49.6 Å². The van der Waals surface area contributed by atoms with Crippen LogP contribution in [0.4, 0.5) is 5.95 Å². The second kappa shape index (κ2) is 9.62. The maximum absolute atomic E-state index is 13.7. The van der Waals surface area contributed by atoms with Gasteiger partial charge in [0.2, 0.25) is 11.7 Å². The SMILES string of the molecule is COc1cc(C2c3c(oc4ccc(Cl)cc4c3=O)C(=O)N2c2ncccn2)ccc1OCCC(C)C. The molecular formula is C27H24ClN3O5. The molecule has 2 aromatic heterocycles. The Hall–Kier alpha value is -3.91. The summed E-state index contributed by atoms with van der Waals surface area (Å²) in [5.41, 5.74) is 0.744. The van der Waals surface area contributed by atoms with E-state index in [1.807, 2.05) is 0 Å². The number of hydrogen-bond donors (Lipinski definition) is 0. The number of halogens is 1. The molecule has 5 rings (SSSR count). The van der Waals surface area contributed by atoms with Crippen molar-refractivity contribution >= 4 is 34.4 Å². The van der Waals surface area contributed by atoms with E-state index in [0.717, 1.165) is 6.42 Å². The van der Waals surface area contributed by atoms with Crippen LogP contribution < -0.4 is 19.8 Å². The van der Waals surface area contributed by atoms with Crippen molar-refractivity contribution in [2.24, 2.45) is 5.92 Å². The molecule has 0 aliphatic carbocycles. The summed E-state index contributed by atoms with van der Waals surface area (Å²) < 4.78 is 17.5. The van der Waals surface area contributed by atoms with Gasteiger partial charge in [-0.05, 0) is 54.3 Å². The highest BCUT2D eigenvalue weighted by Gasteiger charge is 2.45. The van der Waals surface area contributed by atoms with Gasteiger partial charge in [0.05, 0.1) is 30.7 Å². The quantitative estimate of drug-likeness (QED) is 0.331. The highest BCUT2D eigenvalue weighted by atomic mass is 35.5. The molecule has 1 atom stereocenters. The minimum atomic E-state index is -0.840. The lowest BCUT2D eigenvalue weighted by atomic mass is 9.98. The van der Waals surface area contributed by atoms with Crippen LogP contribution in [0, 0.1) is 5.92 Å². The Kier molecular flexibility index (Phi) is 6.36. The number of nitrogens with zero attached hydrogens (tertiary/aromatic N) is 3. The number of rotatable bonds is 7. The second-order valence-corrected chi connectivity index (χ2v) is 9.32. The normalized spacial score (nSPS) is 15.0. The molecule has 9 heteroatoms. The number of fused-ring (bicyclic) bond motifs is 2. The predicted molar refractivity (Wildman–Crippen MR) is 136 cm³/mol. The summed E-state index contributed by atoms with van der Waals surface area (Å²) in [6.07, 6.45) is 3.96. The van der Waals surface area contributed by atoms with Crippen molar-refractivity contribution < 1.29 is 18.7 Å². The van der Waals surface area contributed by atoms with E-state index in [1.165, 1.54) is 17.3 Å². The first kappa shape index (κ1) is 23.8. The van der Waals surface area contributed by atoms with Crippen LogP contribution in [-0.2, 0) is 0 Å². The van der Waals surface area contributed by atoms with Crippen molar-refractivity contribution in [3.05, 3.63) is 87.0 Å². The van der Waals surface area contributed by atoms with E-state index in [-0.39, 0.29) is 33.7 Å². The van der Waals surface area contributed by atoms with Crippen LogP contribution in [0.3, 0.4) is 0 Å². The molecule has 0 bridgehead atoms. The van der Waals surface area contributed by atoms with Crippen LogP contribution in [0.25, 0.3) is 11.0 Å². The zero-order valence-corrected chi connectivity index (χ0v) is 20.8. The zero-order valence-electron chi connectivity index (χ0n) is 20.0. The molecule has 0 fully saturated rings. The van der Waals surface area contributed by atoms with Crippen LogP contribution >= 0.6 is 11.6 Å². The topological polar surface area (TPSA) is 94.8 Å². The summed E-state index contributed by atoms with van der Waals surface area (Å²) in [6.45, 7) is 4.79. The van der Waals surface area contributed by atoms with Crippen molar-refractivity contribution in [1.82, 2.24) is 9.97 Å². The van der Waals surface area contributed by atoms with Crippen molar-refractivity contribution in [3.63, 3.8) is 0 Å². The molecule has 1 aliphatic heterocycles. The monoisotopic (exact) mass is 505 g/mol. The Morgan fingerprint density at radius 2 is 1.86 bits per heavy atom. The zero-order chi connectivity index (χ0) is 25.4. The molecule has 0 spiro atoms. The van der Waals surface area contributed by atoms with Gasteiger partial charge in [0.1, 0.15) is 5.58 Å². The molecule has 8 nitrogen and oxygen atoms in total. The van der Waals surface area contributed by atoms with Crippen molar-refractivity contribution in [2.75, 3.05) is 18.6 Å². The summed E-state index contributed by atoms with van der Waals surface area (Å²) >= 11 is 6.16. The Bertz CT molecular complexity index is 1500. The lowest BCUT2D eigenvalue weighted by Crippen LogP contribution is -2.31. The Balaban J connectivity index is 1.68. The van der Waals surface area contributed by atoms with Gasteiger partial charge in [0, 0.05) is 17.4 Å². The van der Waals surface area contributed by atoms with Gasteiger partial charge in [-0.25, -0.2) is 9.97 Å². The van der Waals surface area contributed by atoms with Crippen LogP contribution in [0.5, 0.6) is 11.5 Å². The fourth-order valence-electron chi connectivity index (χ4n) is 4.26. The van der Waals surface area contributed by atoms with Crippen molar-refractivity contribution in [1.29, 1.82) is 0 Å². The maximum atomic E-state index is 13.7. The standard InChI is InChI=1S/C27H24ClN3O5/c1-15(2)9-12-35-20-7-5-16(13-21(20)34-3)23-22-24(32)18-14-17(28)6-8-19(18)36-25(22)26(33)31(23)27-29-10-4-11-30-27/h4-8,10-11,13-15,23H,9,12H2,1-3H3. The molecule has 2 aromatic carbocycles. The van der Waals surface area contributed by atoms with E-state index in [2.05, 4.69) is 23.8 Å². The number of anilines is 1. The lowest BCUT2D eigenvalue weighted by Gasteiger charge is -2.24. The van der Waals surface area contributed by atoms with E-state index >= 15 is 0 Å². The van der Waals surface area contributed by atoms with Gasteiger partial charge in [-0.1, -0.05) is 31.5 Å². The van der Waals surface area contributed by atoms with Crippen LogP contribution in [-0.4, -0.2) is 29.6 Å². The van der Waals surface area contributed by atoms with Gasteiger partial charge in [-0.2, -0.15) is 0 Å². The van der Waals surface area contributed by atoms with Gasteiger partial charge in [0.15, 0.2) is 16.9 Å². The first-order valence-corrected chi connectivity index (χ1v) is 11.9. The van der Waals surface area contributed by atoms with Gasteiger partial charge in [0.25, 0.3) is 5.91 Å². The van der Waals surface area contributed by atoms with Gasteiger partial charge < -0.3 is 13.9 Å². The molecule has 0 radical (unpaired) electrons. The lowest BCUT2D eigenvalue weighted by molar-refractivity contribution is 0.0969. The van der Waals surface area contributed by atoms with Crippen LogP contribution in [0.1, 0.15) is 48.0 Å². The minimum absolute atomic E-state index is 0.0523. The Labute approximate surface area is 212 Å². The maximum Gasteiger partial charge on any atom is 0.297 e. The third-order valence-electron chi connectivity index (χ3n) is 6.06. The fraction of sp³-hybridized carbons (Fsp3) is 0.259. The number of aromatic nitrogens is 2. The van der Waals surface area contributed by atoms with E-state index in [0.29, 0.717) is 34.6 Å². The number of hydrogen-bond acceptors (Lipinski definition) is 7. The highest BCUT2D eigenvalue weighted by molar-refractivity contribution is 6.31. The molecular weight excluding hydrogens is 482 g/mol. The number of carbonyl (C=O) groups excluding carboxylic acids is 1. The van der Waals surface area contributed by atoms with Crippen molar-refractivity contribution in [2.45, 2.75) is 26.3 Å². The second-order valence-electron chi connectivity index (χ2n) is 8.88. The fourth-order valence-corrected chi connectivity index (χ4v) is 4.43. The van der Waals surface area contributed by atoms with E-state index in [4.69, 9.17) is 25.5 Å². The molecule has 184 valence electrons. The number of ether oxygens (including phenoxy) is 2. The Morgan fingerprint density at radius 1 is 1.08 bits per heavy atom. The molecule has 0 N–H and O–H groups in total. The van der Waals surface area contributed by atoms with Crippen molar-refractivity contribution in [3.8, 4) is 11.5 Å². The van der Waals surface area contributed by atoms with E-state index in [9.17, 15) is 9.59 Å². The van der Waals surface area contributed by atoms with Gasteiger partial charge in [-0.15, -0.1) is 0 Å². The molecule has 36 heavy (non-hydrogen) atoms. The number of methoxy groups -OCH3 is 1. The average Bonchev–Trinajstić information content (AvgIpc) is 3.17. The summed E-state index contributed by atoms with van der Waals surface area (Å²) in [6, 6.07) is 10.9. The number of benzene rings is 2.